The van der Waals surface area contributed by atoms with E-state index in [1.807, 2.05) is 0 Å². The Morgan fingerprint density at radius 2 is 2.00 bits per heavy atom. The van der Waals surface area contributed by atoms with Crippen molar-refractivity contribution in [1.29, 1.82) is 0 Å². The summed E-state index contributed by atoms with van der Waals surface area (Å²) in [5.41, 5.74) is 0. The van der Waals surface area contributed by atoms with Crippen molar-refractivity contribution in [2.24, 2.45) is 0 Å². The lowest BCUT2D eigenvalue weighted by atomic mass is 10.2. The van der Waals surface area contributed by atoms with Gasteiger partial charge in [-0.2, -0.15) is 4.31 Å². The second-order valence-corrected chi connectivity index (χ2v) is 7.28. The lowest BCUT2D eigenvalue weighted by Crippen LogP contribution is -2.50. The lowest BCUT2D eigenvalue weighted by Gasteiger charge is -2.33. The first-order valence-electron chi connectivity index (χ1n) is 7.03. The fourth-order valence-electron chi connectivity index (χ4n) is 2.52. The number of nitrogens with zero attached hydrogens (tertiary/aromatic N) is 2. The molecule has 2 fully saturated rings. The van der Waals surface area contributed by atoms with Gasteiger partial charge in [0, 0.05) is 45.9 Å². The normalized spacial score (nSPS) is 25.8. The molecule has 20 heavy (non-hydrogen) atoms. The van der Waals surface area contributed by atoms with Crippen LogP contribution in [-0.2, 0) is 19.6 Å². The first-order chi connectivity index (χ1) is 9.47. The molecule has 0 radical (unpaired) electrons. The highest BCUT2D eigenvalue weighted by atomic mass is 32.2. The van der Waals surface area contributed by atoms with Gasteiger partial charge in [-0.3, -0.25) is 9.69 Å². The maximum atomic E-state index is 11.7. The molecule has 7 nitrogen and oxygen atoms in total. The molecule has 2 aliphatic heterocycles. The molecule has 0 aromatic carbocycles. The van der Waals surface area contributed by atoms with Crippen LogP contribution in [0.15, 0.2) is 0 Å². The predicted octanol–water partition coefficient (Wildman–Crippen LogP) is -1.14. The highest BCUT2D eigenvalue weighted by molar-refractivity contribution is 7.88. The summed E-state index contributed by atoms with van der Waals surface area (Å²) < 4.78 is 29.6. The van der Waals surface area contributed by atoms with Crippen molar-refractivity contribution in [2.75, 3.05) is 52.1 Å². The SMILES string of the molecule is CS(=O)(=O)N1CCN(CCNC(=O)C2CCCO2)CC1. The molecule has 0 aliphatic carbocycles. The van der Waals surface area contributed by atoms with Crippen LogP contribution < -0.4 is 5.32 Å². The van der Waals surface area contributed by atoms with Crippen molar-refractivity contribution >= 4 is 15.9 Å². The van der Waals surface area contributed by atoms with Gasteiger partial charge in [0.25, 0.3) is 0 Å². The summed E-state index contributed by atoms with van der Waals surface area (Å²) in [5.74, 6) is -0.0303. The zero-order valence-corrected chi connectivity index (χ0v) is 12.7. The van der Waals surface area contributed by atoms with Gasteiger partial charge in [0.15, 0.2) is 0 Å². The van der Waals surface area contributed by atoms with Crippen LogP contribution in [0.3, 0.4) is 0 Å². The number of rotatable bonds is 5. The summed E-state index contributed by atoms with van der Waals surface area (Å²) in [6.07, 6.45) is 2.71. The number of amides is 1. The van der Waals surface area contributed by atoms with E-state index in [9.17, 15) is 13.2 Å². The minimum Gasteiger partial charge on any atom is -0.368 e. The van der Waals surface area contributed by atoms with Gasteiger partial charge in [-0.1, -0.05) is 0 Å². The van der Waals surface area contributed by atoms with Gasteiger partial charge < -0.3 is 10.1 Å². The number of sulfonamides is 1. The predicted molar refractivity (Wildman–Crippen MR) is 74.8 cm³/mol. The van der Waals surface area contributed by atoms with E-state index in [1.54, 1.807) is 0 Å². The van der Waals surface area contributed by atoms with Crippen molar-refractivity contribution in [1.82, 2.24) is 14.5 Å². The second-order valence-electron chi connectivity index (χ2n) is 5.30. The quantitative estimate of drug-likeness (QED) is 0.694. The highest BCUT2D eigenvalue weighted by Crippen LogP contribution is 2.11. The van der Waals surface area contributed by atoms with E-state index in [-0.39, 0.29) is 12.0 Å². The Bertz CT molecular complexity index is 426. The molecule has 2 heterocycles. The third-order valence-electron chi connectivity index (χ3n) is 3.75. The second kappa shape index (κ2) is 6.84. The first kappa shape index (κ1) is 15.7. The number of piperazine rings is 1. The number of ether oxygens (including phenoxy) is 1. The molecular weight excluding hydrogens is 282 g/mol. The van der Waals surface area contributed by atoms with E-state index < -0.39 is 10.0 Å². The zero-order valence-electron chi connectivity index (χ0n) is 11.9. The minimum atomic E-state index is -3.07. The fraction of sp³-hybridized carbons (Fsp3) is 0.917. The molecule has 2 aliphatic rings. The van der Waals surface area contributed by atoms with Crippen LogP contribution in [0.25, 0.3) is 0 Å². The monoisotopic (exact) mass is 305 g/mol. The fourth-order valence-corrected chi connectivity index (χ4v) is 3.35. The summed E-state index contributed by atoms with van der Waals surface area (Å²) in [6, 6.07) is 0. The molecule has 0 spiro atoms. The summed E-state index contributed by atoms with van der Waals surface area (Å²) >= 11 is 0. The largest absolute Gasteiger partial charge is 0.368 e. The number of carbonyl (C=O) groups is 1. The Morgan fingerprint density at radius 1 is 1.30 bits per heavy atom. The Labute approximate surface area is 120 Å². The van der Waals surface area contributed by atoms with Crippen LogP contribution in [0, 0.1) is 0 Å². The molecule has 116 valence electrons. The average Bonchev–Trinajstić information content (AvgIpc) is 2.92. The summed E-state index contributed by atoms with van der Waals surface area (Å²) in [7, 11) is -3.07. The van der Waals surface area contributed by atoms with Crippen LogP contribution >= 0.6 is 0 Å². The van der Waals surface area contributed by atoms with Crippen LogP contribution in [0.2, 0.25) is 0 Å². The maximum Gasteiger partial charge on any atom is 0.249 e. The summed E-state index contributed by atoms with van der Waals surface area (Å²) in [6.45, 7) is 4.47. The molecule has 1 amide bonds. The van der Waals surface area contributed by atoms with E-state index in [1.165, 1.54) is 10.6 Å². The lowest BCUT2D eigenvalue weighted by molar-refractivity contribution is -0.130. The molecule has 0 aromatic rings. The molecule has 1 unspecified atom stereocenters. The maximum absolute atomic E-state index is 11.7. The van der Waals surface area contributed by atoms with Crippen molar-refractivity contribution in [3.63, 3.8) is 0 Å². The number of hydrogen-bond acceptors (Lipinski definition) is 5. The average molecular weight is 305 g/mol. The summed E-state index contributed by atoms with van der Waals surface area (Å²) in [5, 5.41) is 2.88. The van der Waals surface area contributed by atoms with Gasteiger partial charge >= 0.3 is 0 Å². The standard InChI is InChI=1S/C12H23N3O4S/c1-20(17,18)15-8-6-14(7-9-15)5-4-13-12(16)11-3-2-10-19-11/h11H,2-10H2,1H3,(H,13,16). The van der Waals surface area contributed by atoms with E-state index in [0.29, 0.717) is 39.3 Å². The van der Waals surface area contributed by atoms with Crippen molar-refractivity contribution in [3.8, 4) is 0 Å². The minimum absolute atomic E-state index is 0.0303. The van der Waals surface area contributed by atoms with Gasteiger partial charge in [0.2, 0.25) is 15.9 Å². The molecular formula is C12H23N3O4S. The Morgan fingerprint density at radius 3 is 2.55 bits per heavy atom. The van der Waals surface area contributed by atoms with Gasteiger partial charge in [0.1, 0.15) is 6.10 Å². The molecule has 1 atom stereocenters. The topological polar surface area (TPSA) is 79.0 Å². The summed E-state index contributed by atoms with van der Waals surface area (Å²) in [4.78, 5) is 13.9. The molecule has 1 N–H and O–H groups in total. The van der Waals surface area contributed by atoms with E-state index in [2.05, 4.69) is 10.2 Å². The number of nitrogens with one attached hydrogen (secondary N) is 1. The van der Waals surface area contributed by atoms with Crippen molar-refractivity contribution < 1.29 is 17.9 Å². The molecule has 2 rings (SSSR count). The Balaban J connectivity index is 1.62. The third-order valence-corrected chi connectivity index (χ3v) is 5.05. The zero-order chi connectivity index (χ0) is 14.6. The highest BCUT2D eigenvalue weighted by Gasteiger charge is 2.25. The van der Waals surface area contributed by atoms with Gasteiger partial charge in [-0.15, -0.1) is 0 Å². The van der Waals surface area contributed by atoms with Gasteiger partial charge in [0.05, 0.1) is 6.26 Å². The van der Waals surface area contributed by atoms with Crippen LogP contribution in [0.1, 0.15) is 12.8 Å². The molecule has 0 aromatic heterocycles. The molecule has 8 heteroatoms. The Kier molecular flexibility index (Phi) is 5.36. The van der Waals surface area contributed by atoms with Crippen LogP contribution in [-0.4, -0.2) is 81.8 Å². The van der Waals surface area contributed by atoms with E-state index >= 15 is 0 Å². The third kappa shape index (κ3) is 4.41. The van der Waals surface area contributed by atoms with E-state index in [4.69, 9.17) is 4.74 Å². The van der Waals surface area contributed by atoms with Gasteiger partial charge in [-0.25, -0.2) is 8.42 Å². The van der Waals surface area contributed by atoms with Gasteiger partial charge in [-0.05, 0) is 12.8 Å². The molecule has 0 bridgehead atoms. The Hall–Kier alpha value is -0.700. The van der Waals surface area contributed by atoms with Crippen LogP contribution in [0.4, 0.5) is 0 Å². The number of carbonyl (C=O) groups excluding carboxylic acids is 1. The number of hydrogen-bond donors (Lipinski definition) is 1. The van der Waals surface area contributed by atoms with Crippen LogP contribution in [0.5, 0.6) is 0 Å². The first-order valence-corrected chi connectivity index (χ1v) is 8.88. The van der Waals surface area contributed by atoms with E-state index in [0.717, 1.165) is 19.4 Å². The van der Waals surface area contributed by atoms with Crippen molar-refractivity contribution in [3.05, 3.63) is 0 Å². The molecule has 0 saturated carbocycles. The molecule has 2 saturated heterocycles. The smallest absolute Gasteiger partial charge is 0.249 e. The van der Waals surface area contributed by atoms with Crippen molar-refractivity contribution in [2.45, 2.75) is 18.9 Å².